The highest BCUT2D eigenvalue weighted by Crippen LogP contribution is 2.37. The van der Waals surface area contributed by atoms with Gasteiger partial charge in [-0.2, -0.15) is 0 Å². The molecule has 1 atom stereocenters. The van der Waals surface area contributed by atoms with Crippen LogP contribution in [0.5, 0.6) is 17.2 Å². The van der Waals surface area contributed by atoms with E-state index < -0.39 is 17.8 Å². The molecule has 4 rings (SSSR count). The number of urea groups is 1. The number of nitrogens with zero attached hydrogens (tertiary/aromatic N) is 1. The third-order valence-corrected chi connectivity index (χ3v) is 6.98. The Bertz CT molecular complexity index is 1450. The van der Waals surface area contributed by atoms with Gasteiger partial charge in [0.15, 0.2) is 11.5 Å². The summed E-state index contributed by atoms with van der Waals surface area (Å²) >= 11 is 6.55. The number of aryl methyl sites for hydroxylation is 1. The van der Waals surface area contributed by atoms with Crippen LogP contribution in [0.2, 0.25) is 5.02 Å². The molecule has 4 amide bonds. The van der Waals surface area contributed by atoms with Gasteiger partial charge in [-0.3, -0.25) is 14.9 Å². The van der Waals surface area contributed by atoms with Crippen LogP contribution in [-0.4, -0.2) is 37.7 Å². The van der Waals surface area contributed by atoms with Gasteiger partial charge < -0.3 is 14.2 Å². The molecule has 0 aliphatic carbocycles. The molecular formula is C32H33ClN2O6. The molecule has 8 nitrogen and oxygen atoms in total. The standard InChI is InChI=1S/C32H33ClN2O6/c1-5-21(4)23-9-13-25(14-10-23)40-15-16-41-29-27(33)18-22(19-28(29)39-6-2)17-26-30(36)34-32(38)35(31(26)37)24-11-7-20(3)8-12-24/h7-14,17-19,21H,5-6,15-16H2,1-4H3,(H,34,36,38)/b26-17-/t21-/m1/s1. The number of hydrogen-bond donors (Lipinski definition) is 1. The predicted octanol–water partition coefficient (Wildman–Crippen LogP) is 6.68. The van der Waals surface area contributed by atoms with E-state index in [1.807, 2.05) is 26.0 Å². The molecule has 3 aromatic rings. The first-order valence-corrected chi connectivity index (χ1v) is 13.9. The quantitative estimate of drug-likeness (QED) is 0.155. The lowest BCUT2D eigenvalue weighted by Crippen LogP contribution is -2.54. The van der Waals surface area contributed by atoms with Gasteiger partial charge in [-0.25, -0.2) is 9.69 Å². The second kappa shape index (κ2) is 13.4. The fraction of sp³-hybridized carbons (Fsp3) is 0.281. The Balaban J connectivity index is 1.49. The van der Waals surface area contributed by atoms with Gasteiger partial charge in [0.05, 0.1) is 17.3 Å². The van der Waals surface area contributed by atoms with Crippen LogP contribution in [0.3, 0.4) is 0 Å². The minimum absolute atomic E-state index is 0.210. The van der Waals surface area contributed by atoms with Gasteiger partial charge >= 0.3 is 6.03 Å². The van der Waals surface area contributed by atoms with Crippen molar-refractivity contribution in [3.05, 3.63) is 87.9 Å². The third-order valence-electron chi connectivity index (χ3n) is 6.70. The van der Waals surface area contributed by atoms with Crippen LogP contribution in [0.4, 0.5) is 10.5 Å². The first-order valence-electron chi connectivity index (χ1n) is 13.5. The average molecular weight is 577 g/mol. The largest absolute Gasteiger partial charge is 0.490 e. The van der Waals surface area contributed by atoms with Crippen LogP contribution in [0.25, 0.3) is 6.08 Å². The number of amides is 4. The highest BCUT2D eigenvalue weighted by Gasteiger charge is 2.36. The summed E-state index contributed by atoms with van der Waals surface area (Å²) in [5.41, 5.74) is 2.79. The minimum atomic E-state index is -0.813. The van der Waals surface area contributed by atoms with E-state index >= 15 is 0 Å². The molecule has 1 aliphatic rings. The molecule has 41 heavy (non-hydrogen) atoms. The molecule has 0 aromatic heterocycles. The summed E-state index contributed by atoms with van der Waals surface area (Å²) in [6.07, 6.45) is 2.44. The Morgan fingerprint density at radius 2 is 1.61 bits per heavy atom. The van der Waals surface area contributed by atoms with Gasteiger partial charge in [-0.05, 0) is 79.8 Å². The van der Waals surface area contributed by atoms with Crippen molar-refractivity contribution in [2.24, 2.45) is 0 Å². The third kappa shape index (κ3) is 7.08. The van der Waals surface area contributed by atoms with E-state index in [0.717, 1.165) is 22.6 Å². The maximum Gasteiger partial charge on any atom is 0.335 e. The molecule has 0 saturated carbocycles. The van der Waals surface area contributed by atoms with E-state index in [-0.39, 0.29) is 23.8 Å². The first-order chi connectivity index (χ1) is 19.7. The lowest BCUT2D eigenvalue weighted by molar-refractivity contribution is -0.122. The average Bonchev–Trinajstić information content (AvgIpc) is 2.95. The summed E-state index contributed by atoms with van der Waals surface area (Å²) in [5, 5.41) is 2.46. The Morgan fingerprint density at radius 3 is 2.27 bits per heavy atom. The zero-order valence-electron chi connectivity index (χ0n) is 23.5. The summed E-state index contributed by atoms with van der Waals surface area (Å²) in [4.78, 5) is 39.3. The van der Waals surface area contributed by atoms with E-state index in [9.17, 15) is 14.4 Å². The highest BCUT2D eigenvalue weighted by molar-refractivity contribution is 6.39. The van der Waals surface area contributed by atoms with E-state index in [1.165, 1.54) is 11.6 Å². The summed E-state index contributed by atoms with van der Waals surface area (Å²) in [7, 11) is 0. The maximum absolute atomic E-state index is 13.2. The van der Waals surface area contributed by atoms with Gasteiger partial charge in [0.1, 0.15) is 24.5 Å². The molecule has 1 heterocycles. The lowest BCUT2D eigenvalue weighted by Gasteiger charge is -2.26. The Hall–Kier alpha value is -4.30. The number of ether oxygens (including phenoxy) is 3. The van der Waals surface area contributed by atoms with Gasteiger partial charge in [0, 0.05) is 0 Å². The van der Waals surface area contributed by atoms with E-state index in [1.54, 1.807) is 36.4 Å². The maximum atomic E-state index is 13.2. The van der Waals surface area contributed by atoms with Crippen molar-refractivity contribution in [2.75, 3.05) is 24.7 Å². The van der Waals surface area contributed by atoms with Crippen LogP contribution in [-0.2, 0) is 9.59 Å². The number of carbonyl (C=O) groups is 3. The van der Waals surface area contributed by atoms with Crippen molar-refractivity contribution >= 4 is 41.2 Å². The SMILES string of the molecule is CCOc1cc(/C=C2/C(=O)NC(=O)N(c3ccc(C)cc3)C2=O)cc(Cl)c1OCCOc1ccc([C@H](C)CC)cc1. The number of halogens is 1. The Kier molecular flexibility index (Phi) is 9.68. The van der Waals surface area contributed by atoms with Crippen molar-refractivity contribution in [3.8, 4) is 17.2 Å². The van der Waals surface area contributed by atoms with Crippen LogP contribution in [0.15, 0.2) is 66.2 Å². The number of anilines is 1. The van der Waals surface area contributed by atoms with Crippen LogP contribution in [0, 0.1) is 6.92 Å². The minimum Gasteiger partial charge on any atom is -0.490 e. The van der Waals surface area contributed by atoms with Crippen LogP contribution in [0.1, 0.15) is 49.8 Å². The highest BCUT2D eigenvalue weighted by atomic mass is 35.5. The molecule has 1 aliphatic heterocycles. The molecule has 214 valence electrons. The molecule has 1 fully saturated rings. The zero-order chi connectivity index (χ0) is 29.5. The molecule has 0 spiro atoms. The molecule has 3 aromatic carbocycles. The van der Waals surface area contributed by atoms with E-state index in [2.05, 4.69) is 31.3 Å². The van der Waals surface area contributed by atoms with Crippen molar-refractivity contribution in [1.82, 2.24) is 5.32 Å². The number of imide groups is 2. The van der Waals surface area contributed by atoms with Crippen LogP contribution < -0.4 is 24.4 Å². The second-order valence-corrected chi connectivity index (χ2v) is 10.0. The molecule has 0 unspecified atom stereocenters. The molecule has 0 radical (unpaired) electrons. The summed E-state index contributed by atoms with van der Waals surface area (Å²) < 4.78 is 17.5. The fourth-order valence-corrected chi connectivity index (χ4v) is 4.53. The van der Waals surface area contributed by atoms with Gasteiger partial charge in [-0.15, -0.1) is 0 Å². The normalized spacial score (nSPS) is 15.1. The summed E-state index contributed by atoms with van der Waals surface area (Å²) in [6.45, 7) is 8.89. The van der Waals surface area contributed by atoms with E-state index in [4.69, 9.17) is 25.8 Å². The number of carbonyl (C=O) groups excluding carboxylic acids is 3. The number of nitrogens with one attached hydrogen (secondary N) is 1. The first kappa shape index (κ1) is 29.7. The Morgan fingerprint density at radius 1 is 0.927 bits per heavy atom. The fourth-order valence-electron chi connectivity index (χ4n) is 4.26. The smallest absolute Gasteiger partial charge is 0.335 e. The second-order valence-electron chi connectivity index (χ2n) is 9.63. The van der Waals surface area contributed by atoms with Crippen molar-refractivity contribution in [2.45, 2.75) is 40.0 Å². The molecule has 9 heteroatoms. The van der Waals surface area contributed by atoms with Crippen molar-refractivity contribution in [1.29, 1.82) is 0 Å². The monoisotopic (exact) mass is 576 g/mol. The Labute approximate surface area is 244 Å². The lowest BCUT2D eigenvalue weighted by atomic mass is 9.99. The van der Waals surface area contributed by atoms with Crippen molar-refractivity contribution in [3.63, 3.8) is 0 Å². The molecule has 1 saturated heterocycles. The topological polar surface area (TPSA) is 94.2 Å². The van der Waals surface area contributed by atoms with Gasteiger partial charge in [0.25, 0.3) is 11.8 Å². The zero-order valence-corrected chi connectivity index (χ0v) is 24.3. The van der Waals surface area contributed by atoms with E-state index in [0.29, 0.717) is 35.3 Å². The molecule has 0 bridgehead atoms. The number of hydrogen-bond acceptors (Lipinski definition) is 6. The number of rotatable bonds is 11. The number of barbiturate groups is 1. The molecular weight excluding hydrogens is 544 g/mol. The van der Waals surface area contributed by atoms with Gasteiger partial charge in [0.2, 0.25) is 0 Å². The molecule has 1 N–H and O–H groups in total. The summed E-state index contributed by atoms with van der Waals surface area (Å²) in [6, 6.07) is 17.2. The van der Waals surface area contributed by atoms with Crippen LogP contribution >= 0.6 is 11.6 Å². The predicted molar refractivity (Wildman–Crippen MR) is 159 cm³/mol. The summed E-state index contributed by atoms with van der Waals surface area (Å²) in [5.74, 6) is 0.360. The van der Waals surface area contributed by atoms with Gasteiger partial charge in [-0.1, -0.05) is 55.3 Å². The number of benzene rings is 3. The van der Waals surface area contributed by atoms with Crippen molar-refractivity contribution < 1.29 is 28.6 Å².